The van der Waals surface area contributed by atoms with Gasteiger partial charge in [0.15, 0.2) is 0 Å². The fraction of sp³-hybridized carbons (Fsp3) is 0.471. The van der Waals surface area contributed by atoms with Crippen molar-refractivity contribution in [3.63, 3.8) is 0 Å². The zero-order valence-corrected chi connectivity index (χ0v) is 12.3. The van der Waals surface area contributed by atoms with Gasteiger partial charge in [0.05, 0.1) is 16.9 Å². The van der Waals surface area contributed by atoms with E-state index in [1.165, 1.54) is 18.5 Å². The van der Waals surface area contributed by atoms with Gasteiger partial charge in [0.2, 0.25) is 0 Å². The predicted octanol–water partition coefficient (Wildman–Crippen LogP) is 3.50. The third-order valence-corrected chi connectivity index (χ3v) is 4.13. The Morgan fingerprint density at radius 1 is 1.25 bits per heavy atom. The summed E-state index contributed by atoms with van der Waals surface area (Å²) in [5.74, 6) is 0.666. The molecule has 1 unspecified atom stereocenters. The van der Waals surface area contributed by atoms with Crippen LogP contribution < -0.4 is 5.32 Å². The molecule has 1 aromatic carbocycles. The van der Waals surface area contributed by atoms with Crippen LogP contribution in [-0.4, -0.2) is 16.3 Å². The van der Waals surface area contributed by atoms with E-state index in [0.717, 1.165) is 18.7 Å². The van der Waals surface area contributed by atoms with E-state index < -0.39 is 0 Å². The molecule has 3 nitrogen and oxygen atoms in total. The Hall–Kier alpha value is -1.61. The number of rotatable bonds is 4. The van der Waals surface area contributed by atoms with Crippen molar-refractivity contribution in [1.82, 2.24) is 15.1 Å². The van der Waals surface area contributed by atoms with Crippen molar-refractivity contribution in [2.24, 2.45) is 5.92 Å². The van der Waals surface area contributed by atoms with Gasteiger partial charge in [0.1, 0.15) is 0 Å². The molecule has 1 aliphatic heterocycles. The van der Waals surface area contributed by atoms with Crippen LogP contribution in [0.15, 0.2) is 42.6 Å². The van der Waals surface area contributed by atoms with Crippen LogP contribution in [-0.2, 0) is 5.54 Å². The Kier molecular flexibility index (Phi) is 3.62. The van der Waals surface area contributed by atoms with E-state index in [1.54, 1.807) is 0 Å². The molecule has 1 atom stereocenters. The molecule has 0 amide bonds. The molecule has 20 heavy (non-hydrogen) atoms. The minimum absolute atomic E-state index is 0.0838. The summed E-state index contributed by atoms with van der Waals surface area (Å²) in [6.07, 6.45) is 5.52. The molecule has 3 rings (SSSR count). The number of benzene rings is 1. The Bertz CT molecular complexity index is 551. The third kappa shape index (κ3) is 2.38. The first-order valence-corrected chi connectivity index (χ1v) is 7.56. The van der Waals surface area contributed by atoms with Crippen LogP contribution >= 0.6 is 0 Å². The van der Waals surface area contributed by atoms with E-state index in [9.17, 15) is 0 Å². The number of hydrogen-bond donors (Lipinski definition) is 1. The molecule has 1 N–H and O–H groups in total. The average Bonchev–Trinajstić information content (AvgIpc) is 3.08. The molecule has 1 fully saturated rings. The van der Waals surface area contributed by atoms with Gasteiger partial charge < -0.3 is 5.32 Å². The zero-order valence-electron chi connectivity index (χ0n) is 12.3. The van der Waals surface area contributed by atoms with E-state index in [2.05, 4.69) is 59.3 Å². The highest BCUT2D eigenvalue weighted by Gasteiger charge is 2.38. The monoisotopic (exact) mass is 269 g/mol. The first kappa shape index (κ1) is 13.4. The molecule has 106 valence electrons. The molecule has 0 saturated carbocycles. The van der Waals surface area contributed by atoms with Crippen LogP contribution in [0.4, 0.5) is 0 Å². The van der Waals surface area contributed by atoms with Gasteiger partial charge in [0, 0.05) is 6.20 Å². The second kappa shape index (κ2) is 5.41. The molecule has 3 heteroatoms. The van der Waals surface area contributed by atoms with Crippen molar-refractivity contribution in [3.8, 4) is 5.69 Å². The van der Waals surface area contributed by atoms with Gasteiger partial charge in [-0.1, -0.05) is 32.0 Å². The highest BCUT2D eigenvalue weighted by Crippen LogP contribution is 2.37. The fourth-order valence-corrected chi connectivity index (χ4v) is 3.44. The molecular weight excluding hydrogens is 246 g/mol. The van der Waals surface area contributed by atoms with Crippen LogP contribution in [0.3, 0.4) is 0 Å². The largest absolute Gasteiger partial charge is 0.306 e. The molecule has 0 spiro atoms. The lowest BCUT2D eigenvalue weighted by Crippen LogP contribution is -2.40. The van der Waals surface area contributed by atoms with Crippen LogP contribution in [0.25, 0.3) is 5.69 Å². The number of hydrogen-bond acceptors (Lipinski definition) is 2. The van der Waals surface area contributed by atoms with Crippen molar-refractivity contribution in [1.29, 1.82) is 0 Å². The maximum atomic E-state index is 4.56. The van der Waals surface area contributed by atoms with Gasteiger partial charge in [-0.3, -0.25) is 0 Å². The molecular formula is C17H23N3. The van der Waals surface area contributed by atoms with Gasteiger partial charge in [-0.25, -0.2) is 4.68 Å². The van der Waals surface area contributed by atoms with Crippen molar-refractivity contribution in [2.75, 3.05) is 6.54 Å². The highest BCUT2D eigenvalue weighted by molar-refractivity contribution is 5.35. The molecule has 1 aliphatic rings. The topological polar surface area (TPSA) is 29.9 Å². The van der Waals surface area contributed by atoms with E-state index in [0.29, 0.717) is 5.92 Å². The fourth-order valence-electron chi connectivity index (χ4n) is 3.44. The van der Waals surface area contributed by atoms with Crippen LogP contribution in [0.5, 0.6) is 0 Å². The highest BCUT2D eigenvalue weighted by atomic mass is 15.3. The van der Waals surface area contributed by atoms with E-state index in [4.69, 9.17) is 0 Å². The standard InChI is InChI=1S/C17H23N3/c1-14(2)13-17(10-6-11-18-17)16-9-12-19-20(16)15-7-4-3-5-8-15/h3-5,7-9,12,14,18H,6,10-11,13H2,1-2H3. The van der Waals surface area contributed by atoms with E-state index in [-0.39, 0.29) is 5.54 Å². The second-order valence-electron chi connectivity index (χ2n) is 6.17. The lowest BCUT2D eigenvalue weighted by atomic mass is 9.84. The average molecular weight is 269 g/mol. The van der Waals surface area contributed by atoms with Crippen molar-refractivity contribution < 1.29 is 0 Å². The molecule has 0 bridgehead atoms. The summed E-state index contributed by atoms with van der Waals surface area (Å²) in [6.45, 7) is 5.70. The molecule has 0 aliphatic carbocycles. The molecule has 1 aromatic heterocycles. The molecule has 0 radical (unpaired) electrons. The van der Waals surface area contributed by atoms with E-state index in [1.807, 2.05) is 12.3 Å². The molecule has 2 aromatic rings. The summed E-state index contributed by atoms with van der Waals surface area (Å²) in [6, 6.07) is 12.6. The van der Waals surface area contributed by atoms with Crippen LogP contribution in [0.2, 0.25) is 0 Å². The quantitative estimate of drug-likeness (QED) is 0.920. The number of nitrogens with one attached hydrogen (secondary N) is 1. The third-order valence-electron chi connectivity index (χ3n) is 4.13. The van der Waals surface area contributed by atoms with Gasteiger partial charge in [-0.2, -0.15) is 5.10 Å². The predicted molar refractivity (Wildman–Crippen MR) is 81.9 cm³/mol. The minimum atomic E-state index is 0.0838. The first-order chi connectivity index (χ1) is 9.71. The van der Waals surface area contributed by atoms with Gasteiger partial charge in [-0.05, 0) is 49.9 Å². The Morgan fingerprint density at radius 3 is 2.70 bits per heavy atom. The lowest BCUT2D eigenvalue weighted by Gasteiger charge is -2.32. The molecule has 1 saturated heterocycles. The summed E-state index contributed by atoms with van der Waals surface area (Å²) in [5.41, 5.74) is 2.53. The zero-order chi connectivity index (χ0) is 14.0. The van der Waals surface area contributed by atoms with Gasteiger partial charge >= 0.3 is 0 Å². The van der Waals surface area contributed by atoms with Crippen molar-refractivity contribution in [3.05, 3.63) is 48.3 Å². The van der Waals surface area contributed by atoms with E-state index >= 15 is 0 Å². The summed E-state index contributed by atoms with van der Waals surface area (Å²) in [4.78, 5) is 0. The maximum absolute atomic E-state index is 4.56. The first-order valence-electron chi connectivity index (χ1n) is 7.56. The normalized spacial score (nSPS) is 22.6. The van der Waals surface area contributed by atoms with Crippen LogP contribution in [0.1, 0.15) is 38.8 Å². The number of nitrogens with zero attached hydrogens (tertiary/aromatic N) is 2. The lowest BCUT2D eigenvalue weighted by molar-refractivity contribution is 0.296. The summed E-state index contributed by atoms with van der Waals surface area (Å²) in [7, 11) is 0. The number of aromatic nitrogens is 2. The van der Waals surface area contributed by atoms with Gasteiger partial charge in [0.25, 0.3) is 0 Å². The van der Waals surface area contributed by atoms with Crippen molar-refractivity contribution in [2.45, 2.75) is 38.6 Å². The second-order valence-corrected chi connectivity index (χ2v) is 6.17. The van der Waals surface area contributed by atoms with Gasteiger partial charge in [-0.15, -0.1) is 0 Å². The molecule has 2 heterocycles. The minimum Gasteiger partial charge on any atom is -0.306 e. The summed E-state index contributed by atoms with van der Waals surface area (Å²) in [5, 5.41) is 8.31. The summed E-state index contributed by atoms with van der Waals surface area (Å²) >= 11 is 0. The summed E-state index contributed by atoms with van der Waals surface area (Å²) < 4.78 is 2.10. The van der Waals surface area contributed by atoms with Crippen LogP contribution in [0, 0.1) is 5.92 Å². The SMILES string of the molecule is CC(C)CC1(c2ccnn2-c2ccccc2)CCCN1. The Morgan fingerprint density at radius 2 is 2.05 bits per heavy atom. The Balaban J connectivity index is 2.03. The smallest absolute Gasteiger partial charge is 0.0649 e. The maximum Gasteiger partial charge on any atom is 0.0649 e. The van der Waals surface area contributed by atoms with Crippen molar-refractivity contribution >= 4 is 0 Å². The Labute approximate surface area is 121 Å². The number of para-hydroxylation sites is 1.